The highest BCUT2D eigenvalue weighted by molar-refractivity contribution is 4.71. The van der Waals surface area contributed by atoms with E-state index in [1.54, 1.807) is 6.08 Å². The molecule has 1 nitrogen and oxygen atoms in total. The normalized spacial score (nSPS) is 13.0. The highest BCUT2D eigenvalue weighted by atomic mass is 16.3. The van der Waals surface area contributed by atoms with Gasteiger partial charge in [0.15, 0.2) is 0 Å². The number of unbranched alkanes of at least 4 members (excludes halogenated alkanes) is 2. The van der Waals surface area contributed by atoms with Gasteiger partial charge in [0, 0.05) is 0 Å². The maximum absolute atomic E-state index is 9.20. The molecule has 1 atom stereocenters. The highest BCUT2D eigenvalue weighted by Crippen LogP contribution is 2.05. The van der Waals surface area contributed by atoms with Crippen LogP contribution in [0.25, 0.3) is 0 Å². The Kier molecular flexibility index (Phi) is 6.61. The van der Waals surface area contributed by atoms with Gasteiger partial charge in [-0.15, -0.1) is 6.58 Å². The molecule has 0 aliphatic carbocycles. The molecule has 0 unspecified atom stereocenters. The van der Waals surface area contributed by atoms with E-state index in [2.05, 4.69) is 13.5 Å². The smallest absolute Gasteiger partial charge is 0.0574 e. The summed E-state index contributed by atoms with van der Waals surface area (Å²) in [5.74, 6) is 0. The first-order valence-electron chi connectivity index (χ1n) is 4.10. The standard InChI is InChI=1S/C9H18O/c1-3-5-6-8-9(10)7-4-2/h4,9-10H,2-3,5-8H2,1H3/t9-/m0/s1. The van der Waals surface area contributed by atoms with Crippen molar-refractivity contribution < 1.29 is 5.11 Å². The molecule has 0 amide bonds. The van der Waals surface area contributed by atoms with Gasteiger partial charge in [-0.1, -0.05) is 32.3 Å². The minimum absolute atomic E-state index is 0.149. The molecule has 0 aliphatic heterocycles. The van der Waals surface area contributed by atoms with E-state index in [0.29, 0.717) is 0 Å². The van der Waals surface area contributed by atoms with Crippen LogP contribution in [0.3, 0.4) is 0 Å². The van der Waals surface area contributed by atoms with Crippen molar-refractivity contribution in [3.63, 3.8) is 0 Å². The summed E-state index contributed by atoms with van der Waals surface area (Å²) in [5, 5.41) is 9.20. The van der Waals surface area contributed by atoms with Crippen molar-refractivity contribution in [2.45, 2.75) is 45.1 Å². The molecule has 0 saturated carbocycles. The zero-order chi connectivity index (χ0) is 7.82. The Morgan fingerprint density at radius 2 is 2.20 bits per heavy atom. The maximum atomic E-state index is 9.20. The Labute approximate surface area is 63.8 Å². The molecule has 10 heavy (non-hydrogen) atoms. The van der Waals surface area contributed by atoms with Gasteiger partial charge in [-0.25, -0.2) is 0 Å². The van der Waals surface area contributed by atoms with Gasteiger partial charge in [-0.05, 0) is 12.8 Å². The summed E-state index contributed by atoms with van der Waals surface area (Å²) in [7, 11) is 0. The van der Waals surface area contributed by atoms with Crippen molar-refractivity contribution in [1.29, 1.82) is 0 Å². The minimum Gasteiger partial charge on any atom is -0.393 e. The van der Waals surface area contributed by atoms with Crippen LogP contribution in [-0.4, -0.2) is 11.2 Å². The third-order valence-electron chi connectivity index (χ3n) is 1.58. The fourth-order valence-corrected chi connectivity index (χ4v) is 0.940. The molecule has 1 heteroatoms. The highest BCUT2D eigenvalue weighted by Gasteiger charge is 1.98. The Morgan fingerprint density at radius 1 is 1.50 bits per heavy atom. The Bertz CT molecular complexity index is 78.8. The van der Waals surface area contributed by atoms with E-state index >= 15 is 0 Å². The molecule has 0 rings (SSSR count). The van der Waals surface area contributed by atoms with E-state index in [1.165, 1.54) is 12.8 Å². The molecular formula is C9H18O. The summed E-state index contributed by atoms with van der Waals surface area (Å²) in [6, 6.07) is 0. The predicted octanol–water partition coefficient (Wildman–Crippen LogP) is 2.50. The van der Waals surface area contributed by atoms with Crippen molar-refractivity contribution in [3.8, 4) is 0 Å². The number of aliphatic hydroxyl groups excluding tert-OH is 1. The number of aliphatic hydroxyl groups is 1. The van der Waals surface area contributed by atoms with Crippen LogP contribution in [0.15, 0.2) is 12.7 Å². The van der Waals surface area contributed by atoms with Crippen LogP contribution in [0.4, 0.5) is 0 Å². The van der Waals surface area contributed by atoms with Gasteiger partial charge in [-0.2, -0.15) is 0 Å². The van der Waals surface area contributed by atoms with Gasteiger partial charge in [0.05, 0.1) is 6.10 Å². The fraction of sp³-hybridized carbons (Fsp3) is 0.778. The summed E-state index contributed by atoms with van der Waals surface area (Å²) < 4.78 is 0. The second-order valence-corrected chi connectivity index (χ2v) is 2.67. The van der Waals surface area contributed by atoms with Crippen molar-refractivity contribution >= 4 is 0 Å². The van der Waals surface area contributed by atoms with Crippen LogP contribution >= 0.6 is 0 Å². The van der Waals surface area contributed by atoms with Crippen LogP contribution in [0.2, 0.25) is 0 Å². The molecule has 60 valence electrons. The zero-order valence-electron chi connectivity index (χ0n) is 6.84. The van der Waals surface area contributed by atoms with Crippen LogP contribution in [-0.2, 0) is 0 Å². The lowest BCUT2D eigenvalue weighted by molar-refractivity contribution is 0.164. The topological polar surface area (TPSA) is 20.2 Å². The lowest BCUT2D eigenvalue weighted by Gasteiger charge is -2.05. The summed E-state index contributed by atoms with van der Waals surface area (Å²) in [6.45, 7) is 5.74. The first kappa shape index (κ1) is 9.70. The third-order valence-corrected chi connectivity index (χ3v) is 1.58. The van der Waals surface area contributed by atoms with Crippen molar-refractivity contribution in [1.82, 2.24) is 0 Å². The Hall–Kier alpha value is -0.300. The molecule has 0 radical (unpaired) electrons. The van der Waals surface area contributed by atoms with E-state index in [-0.39, 0.29) is 6.10 Å². The van der Waals surface area contributed by atoms with Gasteiger partial charge in [0.25, 0.3) is 0 Å². The van der Waals surface area contributed by atoms with Crippen LogP contribution < -0.4 is 0 Å². The first-order chi connectivity index (χ1) is 4.81. The third kappa shape index (κ3) is 5.83. The molecule has 1 N–H and O–H groups in total. The summed E-state index contributed by atoms with van der Waals surface area (Å²) in [5.41, 5.74) is 0. The predicted molar refractivity (Wildman–Crippen MR) is 45.0 cm³/mol. The SMILES string of the molecule is C=CC[C@H](O)CCCCC. The Balaban J connectivity index is 3.04. The molecule has 0 aromatic rings. The second-order valence-electron chi connectivity index (χ2n) is 2.67. The largest absolute Gasteiger partial charge is 0.393 e. The molecule has 0 heterocycles. The Morgan fingerprint density at radius 3 is 2.70 bits per heavy atom. The summed E-state index contributed by atoms with van der Waals surface area (Å²) >= 11 is 0. The van der Waals surface area contributed by atoms with Crippen LogP contribution in [0.1, 0.15) is 39.0 Å². The van der Waals surface area contributed by atoms with Crippen LogP contribution in [0.5, 0.6) is 0 Å². The van der Waals surface area contributed by atoms with Gasteiger partial charge in [0.2, 0.25) is 0 Å². The quantitative estimate of drug-likeness (QED) is 0.446. The number of hydrogen-bond donors (Lipinski definition) is 1. The molecule has 0 bridgehead atoms. The van der Waals surface area contributed by atoms with Gasteiger partial charge in [-0.3, -0.25) is 0 Å². The molecular weight excluding hydrogens is 124 g/mol. The van der Waals surface area contributed by atoms with E-state index in [1.807, 2.05) is 0 Å². The molecule has 0 saturated heterocycles. The van der Waals surface area contributed by atoms with Crippen molar-refractivity contribution in [2.24, 2.45) is 0 Å². The first-order valence-corrected chi connectivity index (χ1v) is 4.10. The van der Waals surface area contributed by atoms with Crippen molar-refractivity contribution in [2.75, 3.05) is 0 Å². The van der Waals surface area contributed by atoms with E-state index in [4.69, 9.17) is 0 Å². The molecule has 0 aliphatic rings. The molecule has 0 aromatic heterocycles. The average Bonchev–Trinajstić information content (AvgIpc) is 1.89. The maximum Gasteiger partial charge on any atom is 0.0574 e. The lowest BCUT2D eigenvalue weighted by Crippen LogP contribution is -2.03. The molecule has 0 aromatic carbocycles. The van der Waals surface area contributed by atoms with E-state index < -0.39 is 0 Å². The second kappa shape index (κ2) is 6.81. The summed E-state index contributed by atoms with van der Waals surface area (Å²) in [4.78, 5) is 0. The van der Waals surface area contributed by atoms with Crippen molar-refractivity contribution in [3.05, 3.63) is 12.7 Å². The average molecular weight is 142 g/mol. The molecule has 0 spiro atoms. The number of rotatable bonds is 6. The van der Waals surface area contributed by atoms with Gasteiger partial charge >= 0.3 is 0 Å². The van der Waals surface area contributed by atoms with Gasteiger partial charge < -0.3 is 5.11 Å². The van der Waals surface area contributed by atoms with Crippen LogP contribution in [0, 0.1) is 0 Å². The van der Waals surface area contributed by atoms with E-state index in [0.717, 1.165) is 19.3 Å². The van der Waals surface area contributed by atoms with Gasteiger partial charge in [0.1, 0.15) is 0 Å². The summed E-state index contributed by atoms with van der Waals surface area (Å²) in [6.07, 6.45) is 6.89. The molecule has 0 fully saturated rings. The fourth-order valence-electron chi connectivity index (χ4n) is 0.940. The van der Waals surface area contributed by atoms with E-state index in [9.17, 15) is 5.11 Å². The lowest BCUT2D eigenvalue weighted by atomic mass is 10.1. The minimum atomic E-state index is -0.149. The monoisotopic (exact) mass is 142 g/mol. The number of hydrogen-bond acceptors (Lipinski definition) is 1. The zero-order valence-corrected chi connectivity index (χ0v) is 6.84.